The van der Waals surface area contributed by atoms with Crippen LogP contribution in [-0.2, 0) is 4.74 Å². The number of unbranched alkanes of at least 4 members (excludes halogenated alkanes) is 3. The van der Waals surface area contributed by atoms with E-state index in [-0.39, 0.29) is 11.5 Å². The molecule has 0 aliphatic carbocycles. The van der Waals surface area contributed by atoms with E-state index in [1.54, 1.807) is 0 Å². The van der Waals surface area contributed by atoms with Gasteiger partial charge in [-0.05, 0) is 18.8 Å². The minimum absolute atomic E-state index is 0.159. The van der Waals surface area contributed by atoms with Gasteiger partial charge in [0, 0.05) is 18.3 Å². The van der Waals surface area contributed by atoms with Crippen molar-refractivity contribution in [1.29, 1.82) is 0 Å². The second kappa shape index (κ2) is 8.49. The molecule has 0 saturated carbocycles. The summed E-state index contributed by atoms with van der Waals surface area (Å²) < 4.78 is 5.69. The van der Waals surface area contributed by atoms with E-state index < -0.39 is 6.29 Å². The molecule has 1 aliphatic rings. The minimum atomic E-state index is -0.685. The van der Waals surface area contributed by atoms with Crippen molar-refractivity contribution >= 4 is 0 Å². The van der Waals surface area contributed by atoms with Crippen molar-refractivity contribution in [2.24, 2.45) is 11.3 Å². The summed E-state index contributed by atoms with van der Waals surface area (Å²) in [5.74, 6) is 6.84. The predicted molar refractivity (Wildman–Crippen MR) is 84.1 cm³/mol. The van der Waals surface area contributed by atoms with Gasteiger partial charge in [0.25, 0.3) is 0 Å². The van der Waals surface area contributed by atoms with Crippen LogP contribution in [0.1, 0.15) is 65.7 Å². The van der Waals surface area contributed by atoms with Crippen LogP contribution < -0.4 is 0 Å². The molecule has 4 atom stereocenters. The number of hydrogen-bond acceptors (Lipinski definition) is 2. The van der Waals surface area contributed by atoms with Gasteiger partial charge >= 0.3 is 0 Å². The molecule has 1 fully saturated rings. The first-order valence-corrected chi connectivity index (χ1v) is 8.04. The zero-order valence-electron chi connectivity index (χ0n) is 13.3. The highest BCUT2D eigenvalue weighted by atomic mass is 16.6. The van der Waals surface area contributed by atoms with E-state index in [1.165, 1.54) is 12.8 Å². The largest absolute Gasteiger partial charge is 0.368 e. The average Bonchev–Trinajstić information content (AvgIpc) is 2.45. The number of hydrogen-bond donors (Lipinski definition) is 1. The maximum Gasteiger partial charge on any atom is 0.156 e. The molecule has 0 aromatic carbocycles. The highest BCUT2D eigenvalue weighted by Crippen LogP contribution is 2.44. The summed E-state index contributed by atoms with van der Waals surface area (Å²) in [6, 6.07) is 0. The monoisotopic (exact) mass is 278 g/mol. The van der Waals surface area contributed by atoms with Gasteiger partial charge in [0.2, 0.25) is 0 Å². The Kier molecular flexibility index (Phi) is 7.34. The van der Waals surface area contributed by atoms with Gasteiger partial charge in [-0.2, -0.15) is 0 Å². The van der Waals surface area contributed by atoms with Crippen molar-refractivity contribution in [3.05, 3.63) is 12.7 Å². The third-order valence-corrected chi connectivity index (χ3v) is 4.46. The lowest BCUT2D eigenvalue weighted by atomic mass is 9.67. The summed E-state index contributed by atoms with van der Waals surface area (Å²) in [6.45, 7) is 10.5. The molecule has 1 aliphatic heterocycles. The van der Waals surface area contributed by atoms with Crippen molar-refractivity contribution in [2.45, 2.75) is 78.1 Å². The molecular formula is C18H30O2. The van der Waals surface area contributed by atoms with E-state index in [1.807, 2.05) is 6.08 Å². The molecule has 0 aromatic rings. The summed E-state index contributed by atoms with van der Waals surface area (Å²) in [6.07, 6.45) is 8.38. The van der Waals surface area contributed by atoms with Gasteiger partial charge in [-0.25, -0.2) is 0 Å². The molecular weight excluding hydrogens is 248 g/mol. The van der Waals surface area contributed by atoms with E-state index in [9.17, 15) is 5.11 Å². The van der Waals surface area contributed by atoms with Crippen LogP contribution in [0.25, 0.3) is 0 Å². The van der Waals surface area contributed by atoms with Crippen LogP contribution in [0.3, 0.4) is 0 Å². The van der Waals surface area contributed by atoms with Gasteiger partial charge < -0.3 is 9.84 Å². The van der Waals surface area contributed by atoms with Crippen LogP contribution in [-0.4, -0.2) is 17.5 Å². The molecule has 20 heavy (non-hydrogen) atoms. The number of aliphatic hydroxyl groups excluding tert-OH is 1. The van der Waals surface area contributed by atoms with Crippen LogP contribution in [0.4, 0.5) is 0 Å². The Morgan fingerprint density at radius 3 is 2.65 bits per heavy atom. The van der Waals surface area contributed by atoms with E-state index in [0.717, 1.165) is 25.7 Å². The molecule has 1 saturated heterocycles. The predicted octanol–water partition coefficient (Wildman–Crippen LogP) is 4.29. The second-order valence-electron chi connectivity index (χ2n) is 6.04. The second-order valence-corrected chi connectivity index (χ2v) is 6.04. The maximum absolute atomic E-state index is 9.96. The fourth-order valence-corrected chi connectivity index (χ4v) is 2.84. The zero-order valence-corrected chi connectivity index (χ0v) is 13.3. The van der Waals surface area contributed by atoms with Gasteiger partial charge in [-0.1, -0.05) is 52.0 Å². The molecule has 0 amide bonds. The first-order chi connectivity index (χ1) is 9.58. The molecule has 1 heterocycles. The Morgan fingerprint density at radius 1 is 1.35 bits per heavy atom. The average molecular weight is 278 g/mol. The Hall–Kier alpha value is -0.780. The summed E-state index contributed by atoms with van der Waals surface area (Å²) in [5.41, 5.74) is -0.159. The van der Waals surface area contributed by atoms with Crippen molar-refractivity contribution in [1.82, 2.24) is 0 Å². The Labute approximate surface area is 124 Å². The number of aliphatic hydroxyl groups is 1. The summed E-state index contributed by atoms with van der Waals surface area (Å²) >= 11 is 0. The highest BCUT2D eigenvalue weighted by Gasteiger charge is 2.44. The molecule has 0 aromatic heterocycles. The smallest absolute Gasteiger partial charge is 0.156 e. The van der Waals surface area contributed by atoms with Gasteiger partial charge in [0.05, 0.1) is 0 Å². The Bertz CT molecular complexity index is 352. The Morgan fingerprint density at radius 2 is 2.05 bits per heavy atom. The van der Waals surface area contributed by atoms with E-state index in [0.29, 0.717) is 12.3 Å². The van der Waals surface area contributed by atoms with Crippen LogP contribution >= 0.6 is 0 Å². The molecule has 4 unspecified atom stereocenters. The van der Waals surface area contributed by atoms with E-state index in [4.69, 9.17) is 4.74 Å². The van der Waals surface area contributed by atoms with Crippen LogP contribution in [0, 0.1) is 23.2 Å². The molecule has 1 N–H and O–H groups in total. The molecule has 2 nitrogen and oxygen atoms in total. The molecule has 114 valence electrons. The summed E-state index contributed by atoms with van der Waals surface area (Å²) in [5, 5.41) is 9.96. The van der Waals surface area contributed by atoms with Crippen LogP contribution in [0.2, 0.25) is 0 Å². The van der Waals surface area contributed by atoms with Crippen LogP contribution in [0.15, 0.2) is 12.7 Å². The molecule has 0 bridgehead atoms. The fourth-order valence-electron chi connectivity index (χ4n) is 2.84. The van der Waals surface area contributed by atoms with Crippen molar-refractivity contribution < 1.29 is 9.84 Å². The third kappa shape index (κ3) is 4.36. The normalized spacial score (nSPS) is 33.3. The molecule has 2 heteroatoms. The van der Waals surface area contributed by atoms with Crippen LogP contribution in [0.5, 0.6) is 0 Å². The summed E-state index contributed by atoms with van der Waals surface area (Å²) in [4.78, 5) is 0. The standard InChI is InChI=1S/C18H30O2/c1-5-8-10-11-13-16-18(4,7-3)15(12-9-6-2)14-17(19)20-16/h7,15-17,19H,3,5-6,8-10,12,14H2,1-2,4H3. The lowest BCUT2D eigenvalue weighted by Gasteiger charge is -2.45. The lowest BCUT2D eigenvalue weighted by molar-refractivity contribution is -0.199. The minimum Gasteiger partial charge on any atom is -0.368 e. The Balaban J connectivity index is 2.82. The van der Waals surface area contributed by atoms with Gasteiger partial charge in [0.1, 0.15) is 6.10 Å². The topological polar surface area (TPSA) is 29.5 Å². The zero-order chi connectivity index (χ0) is 15.0. The van der Waals surface area contributed by atoms with E-state index in [2.05, 4.69) is 39.2 Å². The van der Waals surface area contributed by atoms with E-state index >= 15 is 0 Å². The summed E-state index contributed by atoms with van der Waals surface area (Å²) in [7, 11) is 0. The maximum atomic E-state index is 9.96. The van der Waals surface area contributed by atoms with Gasteiger partial charge in [0.15, 0.2) is 6.29 Å². The molecule has 0 radical (unpaired) electrons. The SMILES string of the molecule is C=CC1(C)C(CCCC)CC(O)OC1C#CCCCC. The quantitative estimate of drug-likeness (QED) is 0.446. The first kappa shape index (κ1) is 17.3. The van der Waals surface area contributed by atoms with Gasteiger partial charge in [-0.15, -0.1) is 12.5 Å². The number of rotatable bonds is 6. The fraction of sp³-hybridized carbons (Fsp3) is 0.778. The number of ether oxygens (including phenoxy) is 1. The van der Waals surface area contributed by atoms with Gasteiger partial charge in [-0.3, -0.25) is 0 Å². The third-order valence-electron chi connectivity index (χ3n) is 4.46. The first-order valence-electron chi connectivity index (χ1n) is 8.04. The van der Waals surface area contributed by atoms with Crippen molar-refractivity contribution in [3.63, 3.8) is 0 Å². The van der Waals surface area contributed by atoms with Crippen molar-refractivity contribution in [3.8, 4) is 11.8 Å². The highest BCUT2D eigenvalue weighted by molar-refractivity contribution is 5.17. The molecule has 0 spiro atoms. The van der Waals surface area contributed by atoms with Crippen molar-refractivity contribution in [2.75, 3.05) is 0 Å². The lowest BCUT2D eigenvalue weighted by Crippen LogP contribution is -2.47. The molecule has 1 rings (SSSR count).